The highest BCUT2D eigenvalue weighted by molar-refractivity contribution is 5.96. The quantitative estimate of drug-likeness (QED) is 0.177. The van der Waals surface area contributed by atoms with Gasteiger partial charge in [0.25, 0.3) is 0 Å². The van der Waals surface area contributed by atoms with Gasteiger partial charge >= 0.3 is 0 Å². The van der Waals surface area contributed by atoms with Crippen LogP contribution in [0.15, 0.2) is 164 Å². The number of hydrogen-bond donors (Lipinski definition) is 0. The molecule has 0 amide bonds. The summed E-state index contributed by atoms with van der Waals surface area (Å²) in [7, 11) is 0. The summed E-state index contributed by atoms with van der Waals surface area (Å²) in [6.45, 7) is 4.77. The van der Waals surface area contributed by atoms with Crippen LogP contribution >= 0.6 is 0 Å². The zero-order valence-corrected chi connectivity index (χ0v) is 28.2. The third-order valence-electron chi connectivity index (χ3n) is 10.8. The second kappa shape index (κ2) is 11.8. The molecular weight excluding hydrogens is 591 g/mol. The molecule has 0 unspecified atom stereocenters. The molecule has 2 aliphatic carbocycles. The van der Waals surface area contributed by atoms with Gasteiger partial charge in [0.05, 0.1) is 5.69 Å². The summed E-state index contributed by atoms with van der Waals surface area (Å²) in [6, 6.07) is 60.5. The largest absolute Gasteiger partial charge is 0.310 e. The number of fused-ring (bicyclic) bond motifs is 4. The fourth-order valence-corrected chi connectivity index (χ4v) is 8.30. The first-order valence-electron chi connectivity index (χ1n) is 17.6. The van der Waals surface area contributed by atoms with Gasteiger partial charge in [-0.25, -0.2) is 0 Å². The standard InChI is InChI=1S/C48H39N/c1-48(2)45-22-10-9-19-42(45)43-31-44(41-21-12-18-37-17-11-20-40(37)41)47(32-46(43)48)49(38-27-23-35(24-28-38)33-13-5-3-6-14-33)39-29-25-36(26-30-39)34-15-7-4-8-16-34/h3-10,12-16,18-19,21-32H,11,17,20H2,1-2H3. The molecule has 7 aromatic carbocycles. The summed E-state index contributed by atoms with van der Waals surface area (Å²) in [5.74, 6) is 0. The molecule has 0 aliphatic heterocycles. The number of aryl methyl sites for hydroxylation is 1. The number of anilines is 3. The Morgan fingerprint density at radius 1 is 0.429 bits per heavy atom. The van der Waals surface area contributed by atoms with E-state index in [1.165, 1.54) is 78.9 Å². The van der Waals surface area contributed by atoms with E-state index in [1.807, 2.05) is 0 Å². The first-order chi connectivity index (χ1) is 24.1. The van der Waals surface area contributed by atoms with Crippen LogP contribution in [0, 0.1) is 0 Å². The van der Waals surface area contributed by atoms with Crippen LogP contribution in [0.3, 0.4) is 0 Å². The molecule has 2 aliphatic rings. The molecule has 236 valence electrons. The maximum Gasteiger partial charge on any atom is 0.0543 e. The van der Waals surface area contributed by atoms with E-state index in [4.69, 9.17) is 0 Å². The lowest BCUT2D eigenvalue weighted by Gasteiger charge is -2.31. The van der Waals surface area contributed by atoms with Crippen LogP contribution in [0.2, 0.25) is 0 Å². The van der Waals surface area contributed by atoms with Gasteiger partial charge in [0, 0.05) is 22.4 Å². The van der Waals surface area contributed by atoms with E-state index in [2.05, 4.69) is 183 Å². The number of hydrogen-bond acceptors (Lipinski definition) is 1. The van der Waals surface area contributed by atoms with Gasteiger partial charge in [0.15, 0.2) is 0 Å². The van der Waals surface area contributed by atoms with Crippen molar-refractivity contribution in [3.8, 4) is 44.5 Å². The van der Waals surface area contributed by atoms with Crippen LogP contribution in [-0.2, 0) is 18.3 Å². The second-order valence-electron chi connectivity index (χ2n) is 14.0. The third-order valence-corrected chi connectivity index (χ3v) is 10.8. The molecule has 49 heavy (non-hydrogen) atoms. The number of rotatable bonds is 6. The first-order valence-corrected chi connectivity index (χ1v) is 17.6. The van der Waals surface area contributed by atoms with E-state index in [-0.39, 0.29) is 5.41 Å². The van der Waals surface area contributed by atoms with Crippen molar-refractivity contribution in [2.24, 2.45) is 0 Å². The average Bonchev–Trinajstić information content (AvgIpc) is 3.73. The molecule has 0 atom stereocenters. The van der Waals surface area contributed by atoms with Crippen LogP contribution in [0.4, 0.5) is 17.1 Å². The van der Waals surface area contributed by atoms with Gasteiger partial charge < -0.3 is 4.90 Å². The number of benzene rings is 7. The second-order valence-corrected chi connectivity index (χ2v) is 14.0. The van der Waals surface area contributed by atoms with Crippen LogP contribution in [0.25, 0.3) is 44.5 Å². The summed E-state index contributed by atoms with van der Waals surface area (Å²) < 4.78 is 0. The summed E-state index contributed by atoms with van der Waals surface area (Å²) in [5.41, 5.74) is 19.4. The Labute approximate surface area is 290 Å². The Balaban J connectivity index is 1.29. The SMILES string of the molecule is CC1(C)c2ccccc2-c2cc(-c3cccc4c3CCC4)c(N(c3ccc(-c4ccccc4)cc3)c3ccc(-c4ccccc4)cc3)cc21. The van der Waals surface area contributed by atoms with Crippen LogP contribution in [-0.4, -0.2) is 0 Å². The van der Waals surface area contributed by atoms with E-state index in [9.17, 15) is 0 Å². The minimum absolute atomic E-state index is 0.113. The topological polar surface area (TPSA) is 3.24 Å². The van der Waals surface area contributed by atoms with Gasteiger partial charge in [-0.15, -0.1) is 0 Å². The minimum Gasteiger partial charge on any atom is -0.310 e. The Hall–Kier alpha value is -5.66. The van der Waals surface area contributed by atoms with Crippen molar-refractivity contribution in [2.75, 3.05) is 4.90 Å². The zero-order chi connectivity index (χ0) is 33.0. The molecule has 0 N–H and O–H groups in total. The van der Waals surface area contributed by atoms with Crippen LogP contribution in [0.5, 0.6) is 0 Å². The monoisotopic (exact) mass is 629 g/mol. The van der Waals surface area contributed by atoms with Crippen molar-refractivity contribution < 1.29 is 0 Å². The molecule has 0 fully saturated rings. The van der Waals surface area contributed by atoms with E-state index in [0.29, 0.717) is 0 Å². The highest BCUT2D eigenvalue weighted by Gasteiger charge is 2.37. The predicted molar refractivity (Wildman–Crippen MR) is 207 cm³/mol. The molecule has 0 spiro atoms. The van der Waals surface area contributed by atoms with Gasteiger partial charge in [-0.1, -0.05) is 141 Å². The van der Waals surface area contributed by atoms with Crippen molar-refractivity contribution in [1.82, 2.24) is 0 Å². The lowest BCUT2D eigenvalue weighted by Crippen LogP contribution is -2.17. The molecule has 0 saturated carbocycles. The maximum absolute atomic E-state index is 2.51. The summed E-state index contributed by atoms with van der Waals surface area (Å²) in [6.07, 6.45) is 3.50. The molecular formula is C48H39N. The third kappa shape index (κ3) is 5.00. The molecule has 0 radical (unpaired) electrons. The van der Waals surface area contributed by atoms with Gasteiger partial charge in [-0.05, 0) is 117 Å². The van der Waals surface area contributed by atoms with E-state index in [0.717, 1.165) is 24.2 Å². The van der Waals surface area contributed by atoms with Crippen molar-refractivity contribution in [1.29, 1.82) is 0 Å². The van der Waals surface area contributed by atoms with Crippen molar-refractivity contribution in [3.63, 3.8) is 0 Å². The van der Waals surface area contributed by atoms with E-state index < -0.39 is 0 Å². The van der Waals surface area contributed by atoms with Crippen molar-refractivity contribution >= 4 is 17.1 Å². The smallest absolute Gasteiger partial charge is 0.0543 e. The fourth-order valence-electron chi connectivity index (χ4n) is 8.30. The Kier molecular flexibility index (Phi) is 7.09. The zero-order valence-electron chi connectivity index (χ0n) is 28.2. The van der Waals surface area contributed by atoms with Gasteiger partial charge in [-0.3, -0.25) is 0 Å². The number of nitrogens with zero attached hydrogens (tertiary/aromatic N) is 1. The Morgan fingerprint density at radius 2 is 0.980 bits per heavy atom. The fraction of sp³-hybridized carbons (Fsp3) is 0.125. The molecule has 0 heterocycles. The average molecular weight is 630 g/mol. The normalized spacial score (nSPS) is 13.8. The summed E-state index contributed by atoms with van der Waals surface area (Å²) in [5, 5.41) is 0. The van der Waals surface area contributed by atoms with E-state index in [1.54, 1.807) is 0 Å². The highest BCUT2D eigenvalue weighted by atomic mass is 15.1. The molecule has 0 saturated heterocycles. The van der Waals surface area contributed by atoms with Gasteiger partial charge in [0.2, 0.25) is 0 Å². The molecule has 0 aromatic heterocycles. The van der Waals surface area contributed by atoms with Crippen molar-refractivity contribution in [2.45, 2.75) is 38.5 Å². The lowest BCUT2D eigenvalue weighted by atomic mass is 9.81. The molecule has 7 aromatic rings. The Morgan fingerprint density at radius 3 is 1.61 bits per heavy atom. The highest BCUT2D eigenvalue weighted by Crippen LogP contribution is 2.54. The Bertz CT molecular complexity index is 2210. The van der Waals surface area contributed by atoms with Gasteiger partial charge in [-0.2, -0.15) is 0 Å². The molecule has 1 nitrogen and oxygen atoms in total. The lowest BCUT2D eigenvalue weighted by molar-refractivity contribution is 0.660. The van der Waals surface area contributed by atoms with Gasteiger partial charge in [0.1, 0.15) is 0 Å². The molecule has 0 bridgehead atoms. The van der Waals surface area contributed by atoms with Crippen LogP contribution in [0.1, 0.15) is 42.5 Å². The summed E-state index contributed by atoms with van der Waals surface area (Å²) in [4.78, 5) is 2.49. The molecule has 1 heteroatoms. The summed E-state index contributed by atoms with van der Waals surface area (Å²) >= 11 is 0. The predicted octanol–water partition coefficient (Wildman–Crippen LogP) is 13.0. The van der Waals surface area contributed by atoms with Crippen LogP contribution < -0.4 is 4.90 Å². The molecule has 9 rings (SSSR count). The first kappa shape index (κ1) is 29.5. The minimum atomic E-state index is -0.113. The van der Waals surface area contributed by atoms with Crippen molar-refractivity contribution in [3.05, 3.63) is 186 Å². The maximum atomic E-state index is 2.51. The van der Waals surface area contributed by atoms with E-state index >= 15 is 0 Å².